The van der Waals surface area contributed by atoms with E-state index in [2.05, 4.69) is 11.9 Å². The molecule has 0 aromatic carbocycles. The number of hydrogen-bond acceptors (Lipinski definition) is 3. The third-order valence-corrected chi connectivity index (χ3v) is 3.08. The zero-order valence-electron chi connectivity index (χ0n) is 8.86. The number of piperazine rings is 1. The highest BCUT2D eigenvalue weighted by molar-refractivity contribution is 7.99. The zero-order valence-corrected chi connectivity index (χ0v) is 9.68. The minimum absolute atomic E-state index is 0.00815. The molecule has 0 aromatic heterocycles. The van der Waals surface area contributed by atoms with Crippen molar-refractivity contribution in [2.24, 2.45) is 0 Å². The van der Waals surface area contributed by atoms with Gasteiger partial charge in [0.25, 0.3) is 0 Å². The summed E-state index contributed by atoms with van der Waals surface area (Å²) in [4.78, 5) is 24.4. The second-order valence-electron chi connectivity index (χ2n) is 3.41. The Bertz CT molecular complexity index is 268. The molecule has 0 saturated carbocycles. The predicted molar refractivity (Wildman–Crippen MR) is 61.7 cm³/mol. The summed E-state index contributed by atoms with van der Waals surface area (Å²) in [6.45, 7) is 6.16. The first kappa shape index (κ1) is 12.1. The summed E-state index contributed by atoms with van der Waals surface area (Å²) in [5.41, 5.74) is 0. The van der Waals surface area contributed by atoms with E-state index in [1.807, 2.05) is 6.08 Å². The number of carbonyl (C=O) groups is 2. The standard InChI is InChI=1S/C10H16N2O2S/c1-3-5-15-6-4-12-7-9(13)11-8(2)10(12)14/h3,8H,1,4-7H2,2H3,(H,11,13). The van der Waals surface area contributed by atoms with Crippen molar-refractivity contribution in [1.82, 2.24) is 10.2 Å². The van der Waals surface area contributed by atoms with Crippen LogP contribution in [0, 0.1) is 0 Å². The van der Waals surface area contributed by atoms with E-state index in [1.165, 1.54) is 0 Å². The summed E-state index contributed by atoms with van der Waals surface area (Å²) >= 11 is 1.71. The summed E-state index contributed by atoms with van der Waals surface area (Å²) in [5, 5.41) is 2.61. The van der Waals surface area contributed by atoms with Crippen LogP contribution in [0.25, 0.3) is 0 Å². The molecule has 1 N–H and O–H groups in total. The van der Waals surface area contributed by atoms with Crippen molar-refractivity contribution in [2.45, 2.75) is 13.0 Å². The van der Waals surface area contributed by atoms with E-state index in [1.54, 1.807) is 23.6 Å². The molecule has 1 unspecified atom stereocenters. The van der Waals surface area contributed by atoms with Gasteiger partial charge in [0.2, 0.25) is 11.8 Å². The van der Waals surface area contributed by atoms with Crippen molar-refractivity contribution in [1.29, 1.82) is 0 Å². The molecule has 2 amide bonds. The van der Waals surface area contributed by atoms with Crippen molar-refractivity contribution in [3.8, 4) is 0 Å². The Labute approximate surface area is 94.1 Å². The van der Waals surface area contributed by atoms with Crippen LogP contribution < -0.4 is 5.32 Å². The molecule has 15 heavy (non-hydrogen) atoms. The predicted octanol–water partition coefficient (Wildman–Crippen LogP) is 0.253. The van der Waals surface area contributed by atoms with Gasteiger partial charge in [-0.25, -0.2) is 0 Å². The lowest BCUT2D eigenvalue weighted by Crippen LogP contribution is -2.57. The molecular formula is C10H16N2O2S. The van der Waals surface area contributed by atoms with Crippen LogP contribution in [-0.2, 0) is 9.59 Å². The molecule has 1 aliphatic rings. The van der Waals surface area contributed by atoms with Gasteiger partial charge in [-0.1, -0.05) is 6.08 Å². The van der Waals surface area contributed by atoms with E-state index >= 15 is 0 Å². The van der Waals surface area contributed by atoms with E-state index in [9.17, 15) is 9.59 Å². The van der Waals surface area contributed by atoms with Gasteiger partial charge in [0.05, 0.1) is 6.54 Å². The van der Waals surface area contributed by atoms with E-state index in [4.69, 9.17) is 0 Å². The number of rotatable bonds is 5. The van der Waals surface area contributed by atoms with Gasteiger partial charge in [0.1, 0.15) is 6.04 Å². The topological polar surface area (TPSA) is 49.4 Å². The van der Waals surface area contributed by atoms with Gasteiger partial charge in [0.15, 0.2) is 0 Å². The molecule has 1 saturated heterocycles. The first-order valence-corrected chi connectivity index (χ1v) is 6.07. The van der Waals surface area contributed by atoms with Crippen molar-refractivity contribution in [3.05, 3.63) is 12.7 Å². The third-order valence-electron chi connectivity index (χ3n) is 2.14. The Balaban J connectivity index is 2.35. The van der Waals surface area contributed by atoms with Crippen LogP contribution in [0.5, 0.6) is 0 Å². The molecule has 0 aliphatic carbocycles. The lowest BCUT2D eigenvalue weighted by Gasteiger charge is -2.30. The van der Waals surface area contributed by atoms with Crippen LogP contribution in [0.4, 0.5) is 0 Å². The van der Waals surface area contributed by atoms with Gasteiger partial charge >= 0.3 is 0 Å². The minimum Gasteiger partial charge on any atom is -0.343 e. The molecular weight excluding hydrogens is 212 g/mol. The van der Waals surface area contributed by atoms with Gasteiger partial charge in [-0.15, -0.1) is 6.58 Å². The number of nitrogens with zero attached hydrogens (tertiary/aromatic N) is 1. The largest absolute Gasteiger partial charge is 0.343 e. The van der Waals surface area contributed by atoms with Gasteiger partial charge in [-0.3, -0.25) is 9.59 Å². The van der Waals surface area contributed by atoms with Crippen LogP contribution in [0.3, 0.4) is 0 Å². The lowest BCUT2D eigenvalue weighted by molar-refractivity contribution is -0.143. The summed E-state index contributed by atoms with van der Waals surface area (Å²) < 4.78 is 0. The number of nitrogens with one attached hydrogen (secondary N) is 1. The first-order valence-electron chi connectivity index (χ1n) is 4.92. The van der Waals surface area contributed by atoms with Crippen LogP contribution in [0.1, 0.15) is 6.92 Å². The Morgan fingerprint density at radius 3 is 3.07 bits per heavy atom. The Morgan fingerprint density at radius 2 is 2.40 bits per heavy atom. The second-order valence-corrected chi connectivity index (χ2v) is 4.56. The second kappa shape index (κ2) is 5.80. The van der Waals surface area contributed by atoms with Crippen LogP contribution >= 0.6 is 11.8 Å². The smallest absolute Gasteiger partial charge is 0.245 e. The minimum atomic E-state index is -0.379. The van der Waals surface area contributed by atoms with Gasteiger partial charge in [-0.05, 0) is 6.92 Å². The molecule has 1 atom stereocenters. The highest BCUT2D eigenvalue weighted by atomic mass is 32.2. The zero-order chi connectivity index (χ0) is 11.3. The van der Waals surface area contributed by atoms with E-state index in [0.29, 0.717) is 6.54 Å². The maximum atomic E-state index is 11.6. The van der Waals surface area contributed by atoms with Crippen molar-refractivity contribution in [3.63, 3.8) is 0 Å². The summed E-state index contributed by atoms with van der Waals surface area (Å²) in [6.07, 6.45) is 1.83. The molecule has 5 heteroatoms. The molecule has 4 nitrogen and oxygen atoms in total. The highest BCUT2D eigenvalue weighted by Crippen LogP contribution is 2.05. The summed E-state index contributed by atoms with van der Waals surface area (Å²) in [6, 6.07) is -0.379. The van der Waals surface area contributed by atoms with E-state index in [-0.39, 0.29) is 24.4 Å². The van der Waals surface area contributed by atoms with E-state index < -0.39 is 0 Å². The van der Waals surface area contributed by atoms with E-state index in [0.717, 1.165) is 11.5 Å². The molecule has 1 heterocycles. The average molecular weight is 228 g/mol. The third kappa shape index (κ3) is 3.58. The SMILES string of the molecule is C=CCSCCN1CC(=O)NC(C)C1=O. The normalized spacial score (nSPS) is 21.4. The highest BCUT2D eigenvalue weighted by Gasteiger charge is 2.28. The summed E-state index contributed by atoms with van der Waals surface area (Å²) in [5.74, 6) is 1.66. The van der Waals surface area contributed by atoms with Crippen molar-refractivity contribution < 1.29 is 9.59 Å². The van der Waals surface area contributed by atoms with Gasteiger partial charge < -0.3 is 10.2 Å². The quantitative estimate of drug-likeness (QED) is 0.542. The van der Waals surface area contributed by atoms with Crippen LogP contribution in [-0.4, -0.2) is 47.4 Å². The first-order chi connectivity index (χ1) is 7.15. The Morgan fingerprint density at radius 1 is 1.67 bits per heavy atom. The maximum absolute atomic E-state index is 11.6. The van der Waals surface area contributed by atoms with Crippen molar-refractivity contribution in [2.75, 3.05) is 24.6 Å². The Hall–Kier alpha value is -0.970. The van der Waals surface area contributed by atoms with Gasteiger partial charge in [-0.2, -0.15) is 11.8 Å². The molecule has 1 fully saturated rings. The fourth-order valence-corrected chi connectivity index (χ4v) is 2.09. The van der Waals surface area contributed by atoms with Gasteiger partial charge in [0, 0.05) is 18.1 Å². The monoisotopic (exact) mass is 228 g/mol. The molecule has 1 aliphatic heterocycles. The maximum Gasteiger partial charge on any atom is 0.245 e. The summed E-state index contributed by atoms with van der Waals surface area (Å²) in [7, 11) is 0. The number of hydrogen-bond donors (Lipinski definition) is 1. The number of thioether (sulfide) groups is 1. The molecule has 0 radical (unpaired) electrons. The molecule has 0 spiro atoms. The number of amides is 2. The average Bonchev–Trinajstić information content (AvgIpc) is 2.19. The lowest BCUT2D eigenvalue weighted by atomic mass is 10.2. The molecule has 0 bridgehead atoms. The molecule has 84 valence electrons. The Kier molecular flexibility index (Phi) is 4.68. The fraction of sp³-hybridized carbons (Fsp3) is 0.600. The number of carbonyl (C=O) groups excluding carboxylic acids is 2. The molecule has 0 aromatic rings. The fourth-order valence-electron chi connectivity index (χ4n) is 1.40. The van der Waals surface area contributed by atoms with Crippen molar-refractivity contribution >= 4 is 23.6 Å². The molecule has 1 rings (SSSR count). The van der Waals surface area contributed by atoms with Crippen LogP contribution in [0.2, 0.25) is 0 Å². The van der Waals surface area contributed by atoms with Crippen LogP contribution in [0.15, 0.2) is 12.7 Å².